The first-order valence-corrected chi connectivity index (χ1v) is 8.68. The summed E-state index contributed by atoms with van der Waals surface area (Å²) in [5.74, 6) is -0.602. The van der Waals surface area contributed by atoms with Gasteiger partial charge in [0.05, 0.1) is 6.61 Å². The Bertz CT molecular complexity index is 622. The molecular weight excluding hydrogens is 322 g/mol. The summed E-state index contributed by atoms with van der Waals surface area (Å²) >= 11 is 0. The lowest BCUT2D eigenvalue weighted by Crippen LogP contribution is -2.53. The Kier molecular flexibility index (Phi) is 5.93. The molecule has 1 aliphatic rings. The molecule has 2 atom stereocenters. The van der Waals surface area contributed by atoms with Crippen LogP contribution in [0.2, 0.25) is 0 Å². The van der Waals surface area contributed by atoms with Crippen molar-refractivity contribution in [2.75, 3.05) is 13.2 Å². The van der Waals surface area contributed by atoms with Gasteiger partial charge in [0, 0.05) is 12.5 Å². The van der Waals surface area contributed by atoms with Gasteiger partial charge >= 0.3 is 12.1 Å². The molecule has 1 N–H and O–H groups in total. The van der Waals surface area contributed by atoms with Crippen molar-refractivity contribution in [1.82, 2.24) is 4.90 Å². The van der Waals surface area contributed by atoms with Gasteiger partial charge in [0.1, 0.15) is 17.4 Å². The van der Waals surface area contributed by atoms with Gasteiger partial charge in [-0.2, -0.15) is 0 Å². The summed E-state index contributed by atoms with van der Waals surface area (Å²) in [4.78, 5) is 25.8. The minimum Gasteiger partial charge on any atom is -0.494 e. The van der Waals surface area contributed by atoms with Crippen LogP contribution in [0.5, 0.6) is 5.75 Å². The average molecular weight is 349 g/mol. The fraction of sp³-hybridized carbons (Fsp3) is 0.579. The lowest BCUT2D eigenvalue weighted by Gasteiger charge is -2.39. The van der Waals surface area contributed by atoms with Crippen molar-refractivity contribution in [3.05, 3.63) is 29.8 Å². The first kappa shape index (κ1) is 19.1. The summed E-state index contributed by atoms with van der Waals surface area (Å²) in [5, 5.41) is 9.78. The second-order valence-corrected chi connectivity index (χ2v) is 7.21. The third-order valence-electron chi connectivity index (χ3n) is 4.11. The highest BCUT2D eigenvalue weighted by Crippen LogP contribution is 2.35. The Balaban J connectivity index is 2.30. The summed E-state index contributed by atoms with van der Waals surface area (Å²) in [6, 6.07) is 6.51. The molecule has 1 fully saturated rings. The molecule has 6 heteroatoms. The van der Waals surface area contributed by atoms with E-state index in [0.29, 0.717) is 25.3 Å². The molecular formula is C19H27NO5. The number of carboxylic acid groups (broad SMARTS) is 1. The zero-order valence-corrected chi connectivity index (χ0v) is 15.3. The molecule has 1 aromatic carbocycles. The summed E-state index contributed by atoms with van der Waals surface area (Å²) in [6.45, 7) is 8.14. The number of hydrogen-bond acceptors (Lipinski definition) is 4. The van der Waals surface area contributed by atoms with Crippen LogP contribution in [0.1, 0.15) is 52.0 Å². The third-order valence-corrected chi connectivity index (χ3v) is 4.11. The molecule has 2 rings (SSSR count). The molecule has 138 valence electrons. The van der Waals surface area contributed by atoms with Crippen LogP contribution in [-0.4, -0.2) is 46.9 Å². The molecule has 0 bridgehead atoms. The van der Waals surface area contributed by atoms with E-state index in [1.54, 1.807) is 20.8 Å². The van der Waals surface area contributed by atoms with Crippen molar-refractivity contribution in [2.45, 2.75) is 58.1 Å². The maximum Gasteiger partial charge on any atom is 0.411 e. The van der Waals surface area contributed by atoms with Gasteiger partial charge < -0.3 is 14.6 Å². The number of nitrogens with zero attached hydrogens (tertiary/aromatic N) is 1. The Morgan fingerprint density at radius 3 is 2.64 bits per heavy atom. The normalized spacial score (nSPS) is 20.9. The van der Waals surface area contributed by atoms with Crippen LogP contribution >= 0.6 is 0 Å². The van der Waals surface area contributed by atoms with Crippen LogP contribution in [-0.2, 0) is 9.53 Å². The summed E-state index contributed by atoms with van der Waals surface area (Å²) < 4.78 is 10.9. The molecule has 25 heavy (non-hydrogen) atoms. The number of likely N-dealkylation sites (tertiary alicyclic amines) is 1. The number of piperidine rings is 1. The van der Waals surface area contributed by atoms with Gasteiger partial charge in [0.15, 0.2) is 0 Å². The Hall–Kier alpha value is -2.24. The van der Waals surface area contributed by atoms with Crippen molar-refractivity contribution >= 4 is 12.1 Å². The summed E-state index contributed by atoms with van der Waals surface area (Å²) in [7, 11) is 0. The molecule has 1 heterocycles. The van der Waals surface area contributed by atoms with Gasteiger partial charge in [-0.05, 0) is 58.2 Å². The van der Waals surface area contributed by atoms with E-state index in [9.17, 15) is 14.7 Å². The lowest BCUT2D eigenvalue weighted by atomic mass is 9.83. The van der Waals surface area contributed by atoms with Crippen molar-refractivity contribution < 1.29 is 24.2 Å². The molecule has 0 spiro atoms. The zero-order chi connectivity index (χ0) is 18.6. The maximum absolute atomic E-state index is 12.5. The highest BCUT2D eigenvalue weighted by molar-refractivity contribution is 5.81. The summed E-state index contributed by atoms with van der Waals surface area (Å²) in [5.41, 5.74) is 0.203. The number of carboxylic acids is 1. The number of carbonyl (C=O) groups excluding carboxylic acids is 1. The average Bonchev–Trinajstić information content (AvgIpc) is 2.53. The number of ether oxygens (including phenoxy) is 2. The van der Waals surface area contributed by atoms with Gasteiger partial charge in [0.25, 0.3) is 0 Å². The summed E-state index contributed by atoms with van der Waals surface area (Å²) in [6.07, 6.45) is 0.851. The van der Waals surface area contributed by atoms with E-state index in [0.717, 1.165) is 12.0 Å². The topological polar surface area (TPSA) is 76.1 Å². The monoisotopic (exact) mass is 349 g/mol. The maximum atomic E-state index is 12.5. The molecule has 6 nitrogen and oxygen atoms in total. The van der Waals surface area contributed by atoms with Crippen LogP contribution in [0.4, 0.5) is 4.79 Å². The number of aliphatic carboxylic acids is 1. The van der Waals surface area contributed by atoms with Gasteiger partial charge in [-0.25, -0.2) is 9.59 Å². The van der Waals surface area contributed by atoms with Crippen molar-refractivity contribution in [2.24, 2.45) is 0 Å². The minimum atomic E-state index is -1.02. The Morgan fingerprint density at radius 2 is 2.04 bits per heavy atom. The van der Waals surface area contributed by atoms with Crippen molar-refractivity contribution in [1.29, 1.82) is 0 Å². The van der Waals surface area contributed by atoms with Crippen molar-refractivity contribution in [3.63, 3.8) is 0 Å². The minimum absolute atomic E-state index is 0.292. The standard InChI is InChI=1S/C19H27NO5/c1-5-24-14-9-6-8-13(12-14)15-10-7-11-20(16(15)17(21)22)18(23)25-19(2,3)4/h6,8-9,12,15-16H,5,7,10-11H2,1-4H3,(H,21,22)/t15-,16+/m1/s1. The quantitative estimate of drug-likeness (QED) is 0.898. The van der Waals surface area contributed by atoms with E-state index in [4.69, 9.17) is 9.47 Å². The van der Waals surface area contributed by atoms with Gasteiger partial charge in [-0.3, -0.25) is 4.90 Å². The zero-order valence-electron chi connectivity index (χ0n) is 15.3. The van der Waals surface area contributed by atoms with Crippen LogP contribution in [0.25, 0.3) is 0 Å². The van der Waals surface area contributed by atoms with Gasteiger partial charge in [0.2, 0.25) is 0 Å². The second kappa shape index (κ2) is 7.76. The first-order chi connectivity index (χ1) is 11.7. The van der Waals surface area contributed by atoms with Crippen LogP contribution < -0.4 is 4.74 Å². The highest BCUT2D eigenvalue weighted by Gasteiger charge is 2.41. The lowest BCUT2D eigenvalue weighted by molar-refractivity contribution is -0.145. The molecule has 1 amide bonds. The first-order valence-electron chi connectivity index (χ1n) is 8.68. The van der Waals surface area contributed by atoms with Gasteiger partial charge in [-0.1, -0.05) is 12.1 Å². The van der Waals surface area contributed by atoms with Crippen LogP contribution in [0.3, 0.4) is 0 Å². The number of rotatable bonds is 4. The third kappa shape index (κ3) is 4.87. The largest absolute Gasteiger partial charge is 0.494 e. The molecule has 0 aromatic heterocycles. The SMILES string of the molecule is CCOc1cccc([C@H]2CCCN(C(=O)OC(C)(C)C)[C@@H]2C(=O)O)c1. The number of amides is 1. The predicted octanol–water partition coefficient (Wildman–Crippen LogP) is 3.65. The fourth-order valence-electron chi connectivity index (χ4n) is 3.18. The van der Waals surface area contributed by atoms with E-state index >= 15 is 0 Å². The van der Waals surface area contributed by atoms with E-state index in [-0.39, 0.29) is 5.92 Å². The molecule has 0 saturated carbocycles. The molecule has 0 unspecified atom stereocenters. The molecule has 1 saturated heterocycles. The molecule has 0 aliphatic carbocycles. The van der Waals surface area contributed by atoms with E-state index in [2.05, 4.69) is 0 Å². The number of carbonyl (C=O) groups is 2. The van der Waals surface area contributed by atoms with E-state index < -0.39 is 23.7 Å². The smallest absolute Gasteiger partial charge is 0.411 e. The molecule has 1 aromatic rings. The second-order valence-electron chi connectivity index (χ2n) is 7.21. The van der Waals surface area contributed by atoms with Crippen LogP contribution in [0, 0.1) is 0 Å². The number of benzene rings is 1. The molecule has 0 radical (unpaired) electrons. The highest BCUT2D eigenvalue weighted by atomic mass is 16.6. The van der Waals surface area contributed by atoms with E-state index in [1.165, 1.54) is 4.90 Å². The van der Waals surface area contributed by atoms with E-state index in [1.807, 2.05) is 31.2 Å². The fourth-order valence-corrected chi connectivity index (χ4v) is 3.18. The van der Waals surface area contributed by atoms with Crippen LogP contribution in [0.15, 0.2) is 24.3 Å². The molecule has 1 aliphatic heterocycles. The Labute approximate surface area is 148 Å². The Morgan fingerprint density at radius 1 is 1.32 bits per heavy atom. The number of hydrogen-bond donors (Lipinski definition) is 1. The predicted molar refractivity (Wildman–Crippen MR) is 93.9 cm³/mol. The van der Waals surface area contributed by atoms with Crippen molar-refractivity contribution in [3.8, 4) is 5.75 Å². The van der Waals surface area contributed by atoms with Gasteiger partial charge in [-0.15, -0.1) is 0 Å².